The lowest BCUT2D eigenvalue weighted by Crippen LogP contribution is -2.28. The van der Waals surface area contributed by atoms with Crippen molar-refractivity contribution in [1.82, 2.24) is 4.57 Å². The number of aliphatic hydroxyl groups is 2. The summed E-state index contributed by atoms with van der Waals surface area (Å²) in [6.07, 6.45) is -2.41. The number of aryl methyl sites for hydroxylation is 2. The number of rotatable bonds is 7. The lowest BCUT2D eigenvalue weighted by molar-refractivity contribution is 0.0118. The van der Waals surface area contributed by atoms with Gasteiger partial charge in [-0.2, -0.15) is 0 Å². The van der Waals surface area contributed by atoms with Crippen LogP contribution in [0.5, 0.6) is 0 Å². The molecule has 1 heterocycles. The summed E-state index contributed by atoms with van der Waals surface area (Å²) >= 11 is 12.3. The Kier molecular flexibility index (Phi) is 7.18. The third-order valence-corrected chi connectivity index (χ3v) is 5.60. The smallest absolute Gasteiger partial charge is 0.335 e. The maximum Gasteiger partial charge on any atom is 0.335 e. The number of aromatic nitrogens is 1. The van der Waals surface area contributed by atoms with E-state index in [1.165, 1.54) is 22.8 Å². The van der Waals surface area contributed by atoms with E-state index in [1.54, 1.807) is 30.3 Å². The molecule has 3 rings (SSSR count). The molecule has 31 heavy (non-hydrogen) atoms. The Bertz CT molecular complexity index is 1160. The van der Waals surface area contributed by atoms with E-state index in [-0.39, 0.29) is 27.8 Å². The van der Waals surface area contributed by atoms with Crippen molar-refractivity contribution in [3.8, 4) is 0 Å². The molecule has 3 aromatic rings. The number of aromatic carboxylic acids is 1. The lowest BCUT2D eigenvalue weighted by atomic mass is 9.99. The first-order valence-electron chi connectivity index (χ1n) is 9.52. The molecule has 0 saturated carbocycles. The first-order valence-corrected chi connectivity index (χ1v) is 10.3. The van der Waals surface area contributed by atoms with Crippen LogP contribution in [0.15, 0.2) is 59.4 Å². The van der Waals surface area contributed by atoms with Crippen LogP contribution in [0.25, 0.3) is 0 Å². The van der Waals surface area contributed by atoms with Crippen molar-refractivity contribution in [2.75, 3.05) is 0 Å². The van der Waals surface area contributed by atoms with E-state index in [2.05, 4.69) is 0 Å². The van der Waals surface area contributed by atoms with Crippen LogP contribution in [0.4, 0.5) is 0 Å². The van der Waals surface area contributed by atoms with Gasteiger partial charge in [-0.3, -0.25) is 4.79 Å². The summed E-state index contributed by atoms with van der Waals surface area (Å²) in [5, 5.41) is 30.6. The average molecular weight is 462 g/mol. The second-order valence-electron chi connectivity index (χ2n) is 7.24. The van der Waals surface area contributed by atoms with Gasteiger partial charge in [0.05, 0.1) is 16.3 Å². The van der Waals surface area contributed by atoms with Crippen LogP contribution in [-0.4, -0.2) is 25.9 Å². The minimum atomic E-state index is -1.46. The summed E-state index contributed by atoms with van der Waals surface area (Å²) in [5.41, 5.74) is 1.86. The second kappa shape index (κ2) is 9.66. The predicted octanol–water partition coefficient (Wildman–Crippen LogP) is 4.17. The third kappa shape index (κ3) is 5.17. The van der Waals surface area contributed by atoms with Gasteiger partial charge in [-0.15, -0.1) is 0 Å². The zero-order valence-electron chi connectivity index (χ0n) is 16.6. The predicted molar refractivity (Wildman–Crippen MR) is 119 cm³/mol. The van der Waals surface area contributed by atoms with Crippen molar-refractivity contribution in [3.63, 3.8) is 0 Å². The van der Waals surface area contributed by atoms with Gasteiger partial charge in [0.25, 0.3) is 5.56 Å². The topological polar surface area (TPSA) is 99.8 Å². The molecule has 0 radical (unpaired) electrons. The van der Waals surface area contributed by atoms with E-state index in [1.807, 2.05) is 13.0 Å². The summed E-state index contributed by atoms with van der Waals surface area (Å²) in [6.45, 7) is 1.99. The molecule has 0 aliphatic carbocycles. The van der Waals surface area contributed by atoms with E-state index in [9.17, 15) is 19.8 Å². The van der Waals surface area contributed by atoms with Crippen LogP contribution in [0.2, 0.25) is 10.0 Å². The fourth-order valence-corrected chi connectivity index (χ4v) is 3.97. The first-order chi connectivity index (χ1) is 14.7. The van der Waals surface area contributed by atoms with Crippen LogP contribution < -0.4 is 5.56 Å². The van der Waals surface area contributed by atoms with Crippen LogP contribution in [-0.2, 0) is 13.0 Å². The Balaban J connectivity index is 1.94. The SMILES string of the molecule is Cc1cccc(C(O)C(O)c2c(Cl)cc(Cl)c(=O)n2CCc2ccc(C(=O)O)cc2)c1. The Hall–Kier alpha value is -2.64. The number of benzene rings is 2. The molecule has 0 saturated heterocycles. The minimum Gasteiger partial charge on any atom is -0.478 e. The van der Waals surface area contributed by atoms with Crippen molar-refractivity contribution >= 4 is 29.2 Å². The summed E-state index contributed by atoms with van der Waals surface area (Å²) in [4.78, 5) is 23.7. The molecule has 0 spiro atoms. The summed E-state index contributed by atoms with van der Waals surface area (Å²) < 4.78 is 1.25. The normalized spacial score (nSPS) is 13.1. The van der Waals surface area contributed by atoms with Crippen molar-refractivity contribution in [3.05, 3.63) is 103 Å². The van der Waals surface area contributed by atoms with E-state index in [0.717, 1.165) is 11.1 Å². The van der Waals surface area contributed by atoms with Crippen molar-refractivity contribution < 1.29 is 20.1 Å². The number of carbonyl (C=O) groups is 1. The largest absolute Gasteiger partial charge is 0.478 e. The quantitative estimate of drug-likeness (QED) is 0.490. The number of carboxylic acid groups (broad SMARTS) is 1. The van der Waals surface area contributed by atoms with Gasteiger partial charge in [-0.05, 0) is 42.7 Å². The lowest BCUT2D eigenvalue weighted by Gasteiger charge is -2.24. The summed E-state index contributed by atoms with van der Waals surface area (Å²) in [7, 11) is 0. The number of halogens is 2. The van der Waals surface area contributed by atoms with Gasteiger partial charge in [0.2, 0.25) is 0 Å². The van der Waals surface area contributed by atoms with Gasteiger partial charge in [0, 0.05) is 6.54 Å². The highest BCUT2D eigenvalue weighted by Crippen LogP contribution is 2.33. The van der Waals surface area contributed by atoms with Gasteiger partial charge in [-0.1, -0.05) is 65.2 Å². The molecule has 0 aliphatic heterocycles. The molecular weight excluding hydrogens is 441 g/mol. The molecule has 8 heteroatoms. The zero-order valence-corrected chi connectivity index (χ0v) is 18.1. The van der Waals surface area contributed by atoms with Crippen molar-refractivity contribution in [1.29, 1.82) is 0 Å². The Labute approximate surface area is 188 Å². The minimum absolute atomic E-state index is 0.0602. The van der Waals surface area contributed by atoms with Gasteiger partial charge in [-0.25, -0.2) is 4.79 Å². The van der Waals surface area contributed by atoms with Crippen LogP contribution in [0, 0.1) is 6.92 Å². The summed E-state index contributed by atoms with van der Waals surface area (Å²) in [6, 6.07) is 14.6. The molecule has 0 amide bonds. The van der Waals surface area contributed by atoms with E-state index in [0.29, 0.717) is 12.0 Å². The Morgan fingerprint density at radius 1 is 1.00 bits per heavy atom. The van der Waals surface area contributed by atoms with Gasteiger partial charge >= 0.3 is 5.97 Å². The van der Waals surface area contributed by atoms with Gasteiger partial charge in [0.1, 0.15) is 17.2 Å². The number of carboxylic acids is 1. The molecule has 0 aliphatic rings. The van der Waals surface area contributed by atoms with Crippen molar-refractivity contribution in [2.45, 2.75) is 32.1 Å². The first kappa shape index (κ1) is 23.0. The highest BCUT2D eigenvalue weighted by Gasteiger charge is 2.27. The van der Waals surface area contributed by atoms with E-state index < -0.39 is 23.7 Å². The van der Waals surface area contributed by atoms with Gasteiger partial charge < -0.3 is 19.9 Å². The second-order valence-corrected chi connectivity index (χ2v) is 8.05. The molecule has 6 nitrogen and oxygen atoms in total. The number of hydrogen-bond donors (Lipinski definition) is 3. The molecule has 2 aromatic carbocycles. The van der Waals surface area contributed by atoms with E-state index in [4.69, 9.17) is 28.3 Å². The molecule has 3 N–H and O–H groups in total. The number of pyridine rings is 1. The maximum absolute atomic E-state index is 12.7. The fourth-order valence-electron chi connectivity index (χ4n) is 3.38. The number of aliphatic hydroxyl groups excluding tert-OH is 2. The van der Waals surface area contributed by atoms with Crippen molar-refractivity contribution in [2.24, 2.45) is 0 Å². The molecule has 1 aromatic heterocycles. The van der Waals surface area contributed by atoms with Crippen LogP contribution in [0.3, 0.4) is 0 Å². The molecule has 2 atom stereocenters. The zero-order chi connectivity index (χ0) is 22.7. The Morgan fingerprint density at radius 3 is 2.29 bits per heavy atom. The number of nitrogens with zero attached hydrogens (tertiary/aromatic N) is 1. The highest BCUT2D eigenvalue weighted by atomic mass is 35.5. The fraction of sp³-hybridized carbons (Fsp3) is 0.217. The molecule has 0 fully saturated rings. The summed E-state index contributed by atoms with van der Waals surface area (Å²) in [5.74, 6) is -1.03. The van der Waals surface area contributed by atoms with Crippen LogP contribution in [0.1, 0.15) is 45.0 Å². The Morgan fingerprint density at radius 2 is 1.68 bits per heavy atom. The van der Waals surface area contributed by atoms with Gasteiger partial charge in [0.15, 0.2) is 0 Å². The van der Waals surface area contributed by atoms with Crippen LogP contribution >= 0.6 is 23.2 Å². The monoisotopic (exact) mass is 461 g/mol. The third-order valence-electron chi connectivity index (χ3n) is 5.03. The number of hydrogen-bond acceptors (Lipinski definition) is 4. The highest BCUT2D eigenvalue weighted by molar-refractivity contribution is 6.34. The average Bonchev–Trinajstić information content (AvgIpc) is 2.74. The maximum atomic E-state index is 12.7. The molecular formula is C23H21Cl2NO5. The van der Waals surface area contributed by atoms with E-state index >= 15 is 0 Å². The molecule has 0 bridgehead atoms. The molecule has 2 unspecified atom stereocenters. The molecule has 162 valence electrons. The standard InChI is InChI=1S/C23H21Cl2NO5/c1-13-3-2-4-16(11-13)20(27)21(28)19-17(24)12-18(25)22(29)26(19)10-9-14-5-7-15(8-6-14)23(30)31/h2-8,11-12,20-21,27-28H,9-10H2,1H3,(H,30,31).